The molecule has 0 aliphatic heterocycles. The maximum Gasteiger partial charge on any atom is 0.235 e. The number of hydrogen-bond acceptors (Lipinski definition) is 3. The molecule has 20 heavy (non-hydrogen) atoms. The van der Waals surface area contributed by atoms with Crippen molar-refractivity contribution < 1.29 is 4.79 Å². The van der Waals surface area contributed by atoms with Crippen molar-refractivity contribution >= 4 is 46.4 Å². The minimum absolute atomic E-state index is 0.241. The minimum Gasteiger partial charge on any atom is -0.362 e. The third-order valence-electron chi connectivity index (χ3n) is 3.42. The second-order valence-electron chi connectivity index (χ2n) is 5.08. The number of carbonyl (C=O) groups excluding carboxylic acids is 1. The van der Waals surface area contributed by atoms with Crippen LogP contribution >= 0.6 is 35.4 Å². The molecule has 0 bridgehead atoms. The summed E-state index contributed by atoms with van der Waals surface area (Å²) in [6.07, 6.45) is 6.71. The highest BCUT2D eigenvalue weighted by atomic mass is 35.5. The van der Waals surface area contributed by atoms with Gasteiger partial charge in [-0.15, -0.1) is 23.2 Å². The molecule has 1 aromatic heterocycles. The summed E-state index contributed by atoms with van der Waals surface area (Å²) in [5, 5.41) is 5.91. The summed E-state index contributed by atoms with van der Waals surface area (Å²) in [6, 6.07) is 0. The maximum atomic E-state index is 12.0. The molecule has 1 aliphatic carbocycles. The fourth-order valence-electron chi connectivity index (χ4n) is 1.81. The number of imidazole rings is 1. The van der Waals surface area contributed by atoms with Crippen molar-refractivity contribution in [1.82, 2.24) is 20.2 Å². The number of amides is 1. The normalized spacial score (nSPS) is 23.1. The third kappa shape index (κ3) is 3.42. The summed E-state index contributed by atoms with van der Waals surface area (Å²) in [5.41, 5.74) is -0.751. The lowest BCUT2D eigenvalue weighted by Crippen LogP contribution is -2.43. The molecule has 1 amide bonds. The van der Waals surface area contributed by atoms with Crippen molar-refractivity contribution in [3.05, 3.63) is 18.7 Å². The van der Waals surface area contributed by atoms with E-state index in [9.17, 15) is 4.79 Å². The highest BCUT2D eigenvalue weighted by Crippen LogP contribution is 2.63. The SMILES string of the molecule is CC1(C(=O)NC(=S)NCCCn2ccnc2)CC1(Cl)Cl. The van der Waals surface area contributed by atoms with E-state index < -0.39 is 9.75 Å². The van der Waals surface area contributed by atoms with Gasteiger partial charge in [0.15, 0.2) is 5.11 Å². The number of thiocarbonyl (C=S) groups is 1. The molecule has 0 radical (unpaired) electrons. The largest absolute Gasteiger partial charge is 0.362 e. The van der Waals surface area contributed by atoms with Crippen LogP contribution in [0.25, 0.3) is 0 Å². The molecule has 110 valence electrons. The zero-order valence-electron chi connectivity index (χ0n) is 11.0. The van der Waals surface area contributed by atoms with Gasteiger partial charge in [0.2, 0.25) is 5.91 Å². The van der Waals surface area contributed by atoms with Crippen molar-refractivity contribution in [3.8, 4) is 0 Å². The fraction of sp³-hybridized carbons (Fsp3) is 0.583. The van der Waals surface area contributed by atoms with Gasteiger partial charge in [-0.3, -0.25) is 4.79 Å². The molecule has 1 atom stereocenters. The average molecular weight is 335 g/mol. The van der Waals surface area contributed by atoms with Crippen LogP contribution in [0.1, 0.15) is 19.8 Å². The summed E-state index contributed by atoms with van der Waals surface area (Å²) in [6.45, 7) is 3.23. The number of carbonyl (C=O) groups is 1. The number of halogens is 2. The number of alkyl halides is 2. The van der Waals surface area contributed by atoms with E-state index in [1.54, 1.807) is 19.4 Å². The molecule has 1 unspecified atom stereocenters. The summed E-state index contributed by atoms with van der Waals surface area (Å²) >= 11 is 17.0. The molecule has 0 saturated heterocycles. The molecular formula is C12H16Cl2N4OS. The molecule has 1 heterocycles. The Morgan fingerprint density at radius 2 is 2.25 bits per heavy atom. The second-order valence-corrected chi connectivity index (χ2v) is 6.97. The van der Waals surface area contributed by atoms with E-state index in [2.05, 4.69) is 15.6 Å². The Labute approximate surface area is 133 Å². The molecule has 1 fully saturated rings. The smallest absolute Gasteiger partial charge is 0.235 e. The minimum atomic E-state index is -0.978. The van der Waals surface area contributed by atoms with E-state index in [1.165, 1.54) is 0 Å². The number of rotatable bonds is 5. The van der Waals surface area contributed by atoms with Crippen molar-refractivity contribution in [2.45, 2.75) is 30.6 Å². The quantitative estimate of drug-likeness (QED) is 0.490. The number of aromatic nitrogens is 2. The van der Waals surface area contributed by atoms with Crippen LogP contribution in [-0.2, 0) is 11.3 Å². The molecule has 0 aromatic carbocycles. The van der Waals surface area contributed by atoms with Crippen LogP contribution in [0.5, 0.6) is 0 Å². The van der Waals surface area contributed by atoms with Gasteiger partial charge >= 0.3 is 0 Å². The molecule has 2 N–H and O–H groups in total. The first kappa shape index (κ1) is 15.5. The first-order valence-electron chi connectivity index (χ1n) is 6.28. The summed E-state index contributed by atoms with van der Waals surface area (Å²) in [7, 11) is 0. The van der Waals surface area contributed by atoms with E-state index in [0.29, 0.717) is 18.1 Å². The standard InChI is InChI=1S/C12H16Cl2N4OS/c1-11(7-12(11,13)14)9(19)17-10(20)16-3-2-5-18-6-4-15-8-18/h4,6,8H,2-3,5,7H2,1H3,(H2,16,17,19,20). The molecule has 1 saturated carbocycles. The van der Waals surface area contributed by atoms with E-state index in [1.807, 2.05) is 10.8 Å². The van der Waals surface area contributed by atoms with Crippen LogP contribution in [0.2, 0.25) is 0 Å². The monoisotopic (exact) mass is 334 g/mol. The van der Waals surface area contributed by atoms with Crippen molar-refractivity contribution in [3.63, 3.8) is 0 Å². The summed E-state index contributed by atoms with van der Waals surface area (Å²) < 4.78 is 0.998. The van der Waals surface area contributed by atoms with Gasteiger partial charge in [-0.2, -0.15) is 0 Å². The zero-order chi connectivity index (χ0) is 14.8. The number of aryl methyl sites for hydroxylation is 1. The first-order valence-corrected chi connectivity index (χ1v) is 7.44. The van der Waals surface area contributed by atoms with Crippen LogP contribution < -0.4 is 10.6 Å². The summed E-state index contributed by atoms with van der Waals surface area (Å²) in [5.74, 6) is -0.241. The zero-order valence-corrected chi connectivity index (χ0v) is 13.4. The van der Waals surface area contributed by atoms with Gasteiger partial charge in [0.05, 0.1) is 11.7 Å². The van der Waals surface area contributed by atoms with Crippen LogP contribution in [0.4, 0.5) is 0 Å². The van der Waals surface area contributed by atoms with Crippen molar-refractivity contribution in [2.24, 2.45) is 5.41 Å². The molecule has 2 rings (SSSR count). The topological polar surface area (TPSA) is 59.0 Å². The number of hydrogen-bond donors (Lipinski definition) is 2. The van der Waals surface area contributed by atoms with Gasteiger partial charge in [-0.1, -0.05) is 0 Å². The van der Waals surface area contributed by atoms with Crippen LogP contribution in [0, 0.1) is 5.41 Å². The van der Waals surface area contributed by atoms with Gasteiger partial charge < -0.3 is 15.2 Å². The van der Waals surface area contributed by atoms with E-state index in [0.717, 1.165) is 13.0 Å². The Morgan fingerprint density at radius 3 is 2.80 bits per heavy atom. The summed E-state index contributed by atoms with van der Waals surface area (Å²) in [4.78, 5) is 15.9. The maximum absolute atomic E-state index is 12.0. The predicted molar refractivity (Wildman–Crippen MR) is 82.7 cm³/mol. The van der Waals surface area contributed by atoms with Crippen molar-refractivity contribution in [2.75, 3.05) is 6.54 Å². The average Bonchev–Trinajstić information content (AvgIpc) is 2.77. The molecule has 1 aliphatic rings. The Hall–Kier alpha value is -0.850. The van der Waals surface area contributed by atoms with E-state index >= 15 is 0 Å². The highest BCUT2D eigenvalue weighted by Gasteiger charge is 2.68. The Bertz CT molecular complexity index is 506. The lowest BCUT2D eigenvalue weighted by Gasteiger charge is -2.14. The lowest BCUT2D eigenvalue weighted by atomic mass is 10.1. The lowest BCUT2D eigenvalue weighted by molar-refractivity contribution is -0.124. The van der Waals surface area contributed by atoms with E-state index in [-0.39, 0.29) is 5.91 Å². The van der Waals surface area contributed by atoms with Crippen LogP contribution in [0.3, 0.4) is 0 Å². The number of nitrogens with zero attached hydrogens (tertiary/aromatic N) is 2. The van der Waals surface area contributed by atoms with Crippen molar-refractivity contribution in [1.29, 1.82) is 0 Å². The molecule has 1 aromatic rings. The van der Waals surface area contributed by atoms with Gasteiger partial charge in [0, 0.05) is 25.5 Å². The predicted octanol–water partition coefficient (Wildman–Crippen LogP) is 1.85. The second kappa shape index (κ2) is 5.87. The Kier molecular flexibility index (Phi) is 4.56. The molecular weight excluding hydrogens is 319 g/mol. The van der Waals surface area contributed by atoms with Gasteiger partial charge in [-0.05, 0) is 32.0 Å². The Balaban J connectivity index is 1.65. The molecule has 8 heteroatoms. The Morgan fingerprint density at radius 1 is 1.55 bits per heavy atom. The third-order valence-corrected chi connectivity index (χ3v) is 4.77. The number of nitrogens with one attached hydrogen (secondary N) is 2. The molecule has 5 nitrogen and oxygen atoms in total. The van der Waals surface area contributed by atoms with Gasteiger partial charge in [0.1, 0.15) is 4.33 Å². The first-order chi connectivity index (χ1) is 9.35. The van der Waals surface area contributed by atoms with E-state index in [4.69, 9.17) is 35.4 Å². The van der Waals surface area contributed by atoms with Crippen LogP contribution in [-0.4, -0.2) is 31.4 Å². The van der Waals surface area contributed by atoms with Gasteiger partial charge in [0.25, 0.3) is 0 Å². The van der Waals surface area contributed by atoms with Gasteiger partial charge in [-0.25, -0.2) is 4.98 Å². The highest BCUT2D eigenvalue weighted by molar-refractivity contribution is 7.80. The van der Waals surface area contributed by atoms with Crippen LogP contribution in [0.15, 0.2) is 18.7 Å². The fourth-order valence-corrected chi connectivity index (χ4v) is 2.71. The molecule has 0 spiro atoms.